The third-order valence-electron chi connectivity index (χ3n) is 13.8. The van der Waals surface area contributed by atoms with Crippen molar-refractivity contribution in [2.45, 2.75) is 88.1 Å². The Morgan fingerprint density at radius 2 is 0.941 bits per heavy atom. The lowest BCUT2D eigenvalue weighted by atomic mass is 10.0. The van der Waals surface area contributed by atoms with Crippen molar-refractivity contribution >= 4 is 40.7 Å². The van der Waals surface area contributed by atoms with E-state index in [0.717, 1.165) is 27.9 Å². The molecule has 354 valence electrons. The molecule has 0 spiro atoms. The number of rotatable bonds is 15. The predicted molar refractivity (Wildman–Crippen MR) is 256 cm³/mol. The van der Waals surface area contributed by atoms with Gasteiger partial charge in [0.25, 0.3) is 0 Å². The predicted octanol–water partition coefficient (Wildman–Crippen LogP) is 8.46. The zero-order chi connectivity index (χ0) is 47.1. The highest BCUT2D eigenvalue weighted by molar-refractivity contribution is 5.99. The lowest BCUT2D eigenvalue weighted by Crippen LogP contribution is -2.48. The standard InChI is InChI=1S/C54H58F3N7O4/c55-41-19-25-46(26-20-41)62(33-37-15-21-44(22-16-37)58-51(65)47-13-7-29-63(47)53(67)49(39-9-3-1-4-10-39)60-31-27-42(56)35-60)34-38-17-23-45(24-18-38)59-52(66)48-14-8-30-64(48)54(68)50(40-11-5-2-6-12-40)61-32-28-43(57)36-61/h1-6,9-12,15-26,42-43,47-50H,7-8,13-14,27-36H2,(H,58,65)(H,59,66)/t42-,43-,47-,48-,49?,50?/m0/s1. The summed E-state index contributed by atoms with van der Waals surface area (Å²) in [6.45, 7) is 3.12. The fourth-order valence-corrected chi connectivity index (χ4v) is 10.3. The van der Waals surface area contributed by atoms with Crippen molar-refractivity contribution in [2.24, 2.45) is 0 Å². The Kier molecular flexibility index (Phi) is 14.5. The number of amides is 4. The van der Waals surface area contributed by atoms with E-state index in [0.29, 0.717) is 89.2 Å². The van der Waals surface area contributed by atoms with Crippen molar-refractivity contribution in [3.63, 3.8) is 0 Å². The number of hydrogen-bond acceptors (Lipinski definition) is 7. The van der Waals surface area contributed by atoms with Crippen LogP contribution in [-0.4, -0.2) is 107 Å². The Morgan fingerprint density at radius 3 is 1.32 bits per heavy atom. The van der Waals surface area contributed by atoms with Crippen LogP contribution in [0.25, 0.3) is 0 Å². The largest absolute Gasteiger partial charge is 0.363 e. The second-order valence-electron chi connectivity index (χ2n) is 18.5. The van der Waals surface area contributed by atoms with E-state index in [1.165, 1.54) is 12.1 Å². The molecule has 68 heavy (non-hydrogen) atoms. The molecule has 5 aromatic rings. The molecule has 0 aliphatic carbocycles. The van der Waals surface area contributed by atoms with Gasteiger partial charge in [0.2, 0.25) is 23.6 Å². The van der Waals surface area contributed by atoms with Gasteiger partial charge in [0, 0.05) is 69.4 Å². The van der Waals surface area contributed by atoms with Gasteiger partial charge in [-0.1, -0.05) is 84.9 Å². The first-order valence-electron chi connectivity index (χ1n) is 23.8. The molecular weight excluding hydrogens is 868 g/mol. The molecular formula is C54H58F3N7O4. The zero-order valence-electron chi connectivity index (χ0n) is 38.1. The van der Waals surface area contributed by atoms with E-state index in [2.05, 4.69) is 15.5 Å². The van der Waals surface area contributed by atoms with Crippen LogP contribution in [0.1, 0.15) is 72.9 Å². The minimum atomic E-state index is -0.991. The van der Waals surface area contributed by atoms with Crippen molar-refractivity contribution in [1.29, 1.82) is 0 Å². The van der Waals surface area contributed by atoms with Gasteiger partial charge in [-0.3, -0.25) is 29.0 Å². The van der Waals surface area contributed by atoms with Crippen LogP contribution in [0.5, 0.6) is 0 Å². The number of nitrogens with one attached hydrogen (secondary N) is 2. The number of hydrogen-bond donors (Lipinski definition) is 2. The average Bonchev–Trinajstić information content (AvgIpc) is 4.20. The average molecular weight is 926 g/mol. The summed E-state index contributed by atoms with van der Waals surface area (Å²) < 4.78 is 42.8. The van der Waals surface area contributed by atoms with E-state index in [1.54, 1.807) is 21.9 Å². The zero-order valence-corrected chi connectivity index (χ0v) is 38.1. The van der Waals surface area contributed by atoms with E-state index in [4.69, 9.17) is 0 Å². The van der Waals surface area contributed by atoms with Gasteiger partial charge in [-0.25, -0.2) is 13.2 Å². The lowest BCUT2D eigenvalue weighted by molar-refractivity contribution is -0.141. The Labute approximate surface area is 395 Å². The van der Waals surface area contributed by atoms with Crippen LogP contribution in [0.2, 0.25) is 0 Å². The molecule has 5 aromatic carbocycles. The Bertz CT molecular complexity index is 2370. The number of halogens is 3. The lowest BCUT2D eigenvalue weighted by Gasteiger charge is -2.33. The van der Waals surface area contributed by atoms with Gasteiger partial charge in [-0.2, -0.15) is 0 Å². The summed E-state index contributed by atoms with van der Waals surface area (Å²) in [5, 5.41) is 6.05. The van der Waals surface area contributed by atoms with Gasteiger partial charge in [-0.05, 0) is 109 Å². The van der Waals surface area contributed by atoms with E-state index in [1.807, 2.05) is 119 Å². The van der Waals surface area contributed by atoms with Crippen LogP contribution in [0.15, 0.2) is 133 Å². The first-order valence-corrected chi connectivity index (χ1v) is 23.8. The third-order valence-corrected chi connectivity index (χ3v) is 13.8. The summed E-state index contributed by atoms with van der Waals surface area (Å²) in [4.78, 5) is 65.1. The highest BCUT2D eigenvalue weighted by Crippen LogP contribution is 2.34. The topological polar surface area (TPSA) is 109 Å². The van der Waals surface area contributed by atoms with Crippen molar-refractivity contribution in [3.05, 3.63) is 162 Å². The highest BCUT2D eigenvalue weighted by atomic mass is 19.1. The number of benzene rings is 5. The number of carbonyl (C=O) groups excluding carboxylic acids is 4. The number of nitrogens with zero attached hydrogens (tertiary/aromatic N) is 5. The fraction of sp³-hybridized carbons (Fsp3) is 0.370. The first-order chi connectivity index (χ1) is 33.1. The molecule has 0 saturated carbocycles. The van der Waals surface area contributed by atoms with Gasteiger partial charge < -0.3 is 25.3 Å². The van der Waals surface area contributed by atoms with Crippen LogP contribution in [0.3, 0.4) is 0 Å². The quantitative estimate of drug-likeness (QED) is 0.109. The fourth-order valence-electron chi connectivity index (χ4n) is 10.3. The summed E-state index contributed by atoms with van der Waals surface area (Å²) in [5.41, 5.74) is 5.44. The van der Waals surface area contributed by atoms with Gasteiger partial charge in [0.15, 0.2) is 0 Å². The maximum atomic E-state index is 14.4. The molecule has 0 aromatic heterocycles. The Balaban J connectivity index is 0.832. The van der Waals surface area contributed by atoms with Crippen molar-refractivity contribution in [2.75, 3.05) is 54.8 Å². The smallest absolute Gasteiger partial charge is 0.247 e. The molecule has 4 saturated heterocycles. The molecule has 4 aliphatic heterocycles. The van der Waals surface area contributed by atoms with Gasteiger partial charge in [-0.15, -0.1) is 0 Å². The second kappa shape index (κ2) is 21.2. The molecule has 9 rings (SSSR count). The molecule has 4 heterocycles. The molecule has 4 amide bonds. The number of alkyl halides is 2. The summed E-state index contributed by atoms with van der Waals surface area (Å²) in [6.07, 6.45) is 1.20. The number of anilines is 3. The van der Waals surface area contributed by atoms with Crippen molar-refractivity contribution < 1.29 is 32.3 Å². The van der Waals surface area contributed by atoms with E-state index < -0.39 is 36.5 Å². The van der Waals surface area contributed by atoms with Crippen LogP contribution < -0.4 is 15.5 Å². The Hall–Kier alpha value is -6.51. The summed E-state index contributed by atoms with van der Waals surface area (Å²) in [5.74, 6) is -1.26. The SMILES string of the molecule is O=C(Nc1ccc(CN(Cc2ccc(NC(=O)[C@@H]3CCCN3C(=O)C(c3ccccc3)N3CC[C@H](F)C3)cc2)c2ccc(F)cc2)cc1)[C@@H]1CCCN1C(=O)C(c1ccccc1)N1CC[C@H](F)C1. The summed E-state index contributed by atoms with van der Waals surface area (Å²) in [7, 11) is 0. The third kappa shape index (κ3) is 10.8. The maximum absolute atomic E-state index is 14.4. The van der Waals surface area contributed by atoms with E-state index >= 15 is 0 Å². The minimum Gasteiger partial charge on any atom is -0.363 e. The summed E-state index contributed by atoms with van der Waals surface area (Å²) >= 11 is 0. The molecule has 14 heteroatoms. The molecule has 4 fully saturated rings. The van der Waals surface area contributed by atoms with Crippen LogP contribution in [0.4, 0.5) is 30.2 Å². The molecule has 4 aliphatic rings. The number of carbonyl (C=O) groups is 4. The Morgan fingerprint density at radius 1 is 0.529 bits per heavy atom. The first kappa shape index (κ1) is 46.6. The van der Waals surface area contributed by atoms with Crippen molar-refractivity contribution in [1.82, 2.24) is 19.6 Å². The minimum absolute atomic E-state index is 0.180. The van der Waals surface area contributed by atoms with Gasteiger partial charge >= 0.3 is 0 Å². The molecule has 0 bridgehead atoms. The van der Waals surface area contributed by atoms with E-state index in [-0.39, 0.29) is 42.5 Å². The summed E-state index contributed by atoms with van der Waals surface area (Å²) in [6, 6.07) is 37.5. The monoisotopic (exact) mass is 925 g/mol. The molecule has 2 N–H and O–H groups in total. The van der Waals surface area contributed by atoms with Crippen LogP contribution in [0, 0.1) is 5.82 Å². The van der Waals surface area contributed by atoms with Gasteiger partial charge in [0.05, 0.1) is 0 Å². The van der Waals surface area contributed by atoms with Crippen LogP contribution >= 0.6 is 0 Å². The van der Waals surface area contributed by atoms with Gasteiger partial charge in [0.1, 0.15) is 42.3 Å². The normalized spacial score (nSPS) is 21.7. The molecule has 6 atom stereocenters. The molecule has 11 nitrogen and oxygen atoms in total. The molecule has 2 unspecified atom stereocenters. The molecule has 0 radical (unpaired) electrons. The highest BCUT2D eigenvalue weighted by Gasteiger charge is 2.43. The van der Waals surface area contributed by atoms with E-state index in [9.17, 15) is 32.3 Å². The van der Waals surface area contributed by atoms with Crippen LogP contribution in [-0.2, 0) is 32.3 Å². The second-order valence-corrected chi connectivity index (χ2v) is 18.5. The number of likely N-dealkylation sites (tertiary alicyclic amines) is 4. The maximum Gasteiger partial charge on any atom is 0.247 e. The van der Waals surface area contributed by atoms with Crippen molar-refractivity contribution in [3.8, 4) is 0 Å².